The van der Waals surface area contributed by atoms with Crippen molar-refractivity contribution in [2.75, 3.05) is 13.1 Å². The number of thiophene rings is 1. The molecule has 3 aromatic rings. The van der Waals surface area contributed by atoms with Crippen molar-refractivity contribution in [3.05, 3.63) is 48.2 Å². The van der Waals surface area contributed by atoms with Crippen LogP contribution < -0.4 is 5.32 Å². The van der Waals surface area contributed by atoms with Crippen molar-refractivity contribution in [3.8, 4) is 10.6 Å². The van der Waals surface area contributed by atoms with Crippen LogP contribution in [0.1, 0.15) is 30.3 Å². The first kappa shape index (κ1) is 16.1. The number of nitrogens with one attached hydrogen (secondary N) is 1. The molecular weight excluding hydrogens is 344 g/mol. The summed E-state index contributed by atoms with van der Waals surface area (Å²) in [5, 5.41) is 4.44. The van der Waals surface area contributed by atoms with Gasteiger partial charge in [-0.1, -0.05) is 18.2 Å². The van der Waals surface area contributed by atoms with E-state index in [1.54, 1.807) is 17.4 Å². The summed E-state index contributed by atoms with van der Waals surface area (Å²) in [6, 6.07) is 14.7. The second-order valence-corrected chi connectivity index (χ2v) is 8.51. The van der Waals surface area contributed by atoms with Crippen LogP contribution in [-0.4, -0.2) is 36.0 Å². The van der Waals surface area contributed by atoms with Gasteiger partial charge >= 0.3 is 0 Å². The Labute approximate surface area is 156 Å². The van der Waals surface area contributed by atoms with Crippen molar-refractivity contribution in [3.63, 3.8) is 0 Å². The largest absolute Gasteiger partial charge is 0.450 e. The molecule has 5 heterocycles. The summed E-state index contributed by atoms with van der Waals surface area (Å²) in [6.45, 7) is 4.55. The molecule has 3 fully saturated rings. The summed E-state index contributed by atoms with van der Waals surface area (Å²) in [5.41, 5.74) is 0. The van der Waals surface area contributed by atoms with E-state index in [9.17, 15) is 4.79 Å². The molecule has 1 amide bonds. The highest BCUT2D eigenvalue weighted by Gasteiger charge is 2.40. The van der Waals surface area contributed by atoms with Gasteiger partial charge in [0.2, 0.25) is 0 Å². The maximum atomic E-state index is 12.7. The first-order valence-electron chi connectivity index (χ1n) is 9.33. The average Bonchev–Trinajstić information content (AvgIpc) is 3.31. The number of rotatable bonds is 3. The lowest BCUT2D eigenvalue weighted by molar-refractivity contribution is 0.0211. The zero-order valence-electron chi connectivity index (χ0n) is 14.8. The first-order valence-corrected chi connectivity index (χ1v) is 10.1. The molecule has 3 aliphatic rings. The second-order valence-electron chi connectivity index (χ2n) is 7.43. The number of benzene rings is 1. The molecule has 0 spiro atoms. The molecule has 0 aliphatic carbocycles. The number of hydrogen-bond donors (Lipinski definition) is 1. The summed E-state index contributed by atoms with van der Waals surface area (Å²) in [7, 11) is 0. The number of piperidine rings is 3. The van der Waals surface area contributed by atoms with Gasteiger partial charge in [-0.15, -0.1) is 11.3 Å². The molecular formula is C21H22N2O2S. The van der Waals surface area contributed by atoms with Crippen LogP contribution in [0.2, 0.25) is 0 Å². The highest BCUT2D eigenvalue weighted by molar-refractivity contribution is 7.22. The van der Waals surface area contributed by atoms with Crippen LogP contribution in [-0.2, 0) is 0 Å². The molecule has 0 unspecified atom stereocenters. The van der Waals surface area contributed by atoms with E-state index in [4.69, 9.17) is 4.42 Å². The molecule has 0 saturated carbocycles. The van der Waals surface area contributed by atoms with Crippen LogP contribution in [0.4, 0.5) is 0 Å². The Hall–Kier alpha value is -2.11. The number of nitrogens with zero attached hydrogens (tertiary/aromatic N) is 1. The molecule has 3 aliphatic heterocycles. The van der Waals surface area contributed by atoms with Crippen LogP contribution in [0.15, 0.2) is 46.9 Å². The van der Waals surface area contributed by atoms with E-state index >= 15 is 0 Å². The fraction of sp³-hybridized carbons (Fsp3) is 0.381. The molecule has 2 aromatic heterocycles. The zero-order valence-corrected chi connectivity index (χ0v) is 15.6. The van der Waals surface area contributed by atoms with Crippen molar-refractivity contribution in [2.24, 2.45) is 5.92 Å². The minimum atomic E-state index is -0.0945. The van der Waals surface area contributed by atoms with Gasteiger partial charge in [0.25, 0.3) is 5.91 Å². The summed E-state index contributed by atoms with van der Waals surface area (Å²) in [6.07, 6.45) is 2.36. The van der Waals surface area contributed by atoms with Gasteiger partial charge in [-0.2, -0.15) is 0 Å². The minimum Gasteiger partial charge on any atom is -0.450 e. The molecule has 5 heteroatoms. The van der Waals surface area contributed by atoms with E-state index in [2.05, 4.69) is 35.3 Å². The fourth-order valence-electron chi connectivity index (χ4n) is 4.46. The van der Waals surface area contributed by atoms with Gasteiger partial charge in [-0.3, -0.25) is 9.69 Å². The number of fused-ring (bicyclic) bond motifs is 4. The molecule has 4 nitrogen and oxygen atoms in total. The van der Waals surface area contributed by atoms with E-state index in [0.717, 1.165) is 23.7 Å². The van der Waals surface area contributed by atoms with Crippen LogP contribution in [0.3, 0.4) is 0 Å². The topological polar surface area (TPSA) is 45.5 Å². The third-order valence-corrected chi connectivity index (χ3v) is 7.10. The Kier molecular flexibility index (Phi) is 3.87. The predicted octanol–water partition coefficient (Wildman–Crippen LogP) is 4.37. The van der Waals surface area contributed by atoms with Gasteiger partial charge in [-0.05, 0) is 68.4 Å². The molecule has 2 atom stereocenters. The third-order valence-electron chi connectivity index (χ3n) is 5.97. The number of furan rings is 1. The van der Waals surface area contributed by atoms with Crippen LogP contribution in [0.25, 0.3) is 20.7 Å². The Morgan fingerprint density at radius 2 is 2.00 bits per heavy atom. The molecule has 0 radical (unpaired) electrons. The minimum absolute atomic E-state index is 0.0945. The number of carbonyl (C=O) groups excluding carboxylic acids is 1. The summed E-state index contributed by atoms with van der Waals surface area (Å²) in [4.78, 5) is 16.3. The van der Waals surface area contributed by atoms with Crippen molar-refractivity contribution in [1.29, 1.82) is 0 Å². The second kappa shape index (κ2) is 6.25. The number of amides is 1. The van der Waals surface area contributed by atoms with Gasteiger partial charge in [0.1, 0.15) is 5.76 Å². The zero-order chi connectivity index (χ0) is 17.7. The normalized spacial score (nSPS) is 27.7. The van der Waals surface area contributed by atoms with Crippen LogP contribution >= 0.6 is 11.3 Å². The Balaban J connectivity index is 1.35. The molecule has 6 rings (SSSR count). The number of hydrogen-bond acceptors (Lipinski definition) is 4. The van der Waals surface area contributed by atoms with Gasteiger partial charge < -0.3 is 9.73 Å². The van der Waals surface area contributed by atoms with Gasteiger partial charge in [0.05, 0.1) is 4.88 Å². The van der Waals surface area contributed by atoms with Crippen LogP contribution in [0.5, 0.6) is 0 Å². The standard InChI is InChI=1S/C21H22N2O2S/c1-13-20(14-8-10-23(13)11-9-14)22-21(24)17-7-6-16(25-17)19-12-15-4-2-3-5-18(15)26-19/h2-7,12-14,20H,8-11H2,1H3,(H,22,24)/t13-,20-/m0/s1. The summed E-state index contributed by atoms with van der Waals surface area (Å²) in [5.74, 6) is 1.67. The Morgan fingerprint density at radius 3 is 2.77 bits per heavy atom. The van der Waals surface area contributed by atoms with Gasteiger partial charge in [0.15, 0.2) is 5.76 Å². The summed E-state index contributed by atoms with van der Waals surface area (Å²) < 4.78 is 7.13. The average molecular weight is 366 g/mol. The van der Waals surface area contributed by atoms with Gasteiger partial charge in [-0.25, -0.2) is 0 Å². The van der Waals surface area contributed by atoms with Crippen molar-refractivity contribution in [1.82, 2.24) is 10.2 Å². The Bertz CT molecular complexity index is 917. The highest BCUT2D eigenvalue weighted by atomic mass is 32.1. The molecule has 1 aromatic carbocycles. The highest BCUT2D eigenvalue weighted by Crippen LogP contribution is 2.35. The van der Waals surface area contributed by atoms with Crippen LogP contribution in [0, 0.1) is 5.92 Å². The lowest BCUT2D eigenvalue weighted by atomic mass is 9.79. The van der Waals surface area contributed by atoms with Crippen molar-refractivity contribution >= 4 is 27.3 Å². The lowest BCUT2D eigenvalue weighted by Crippen LogP contribution is -2.62. The monoisotopic (exact) mass is 366 g/mol. The first-order chi connectivity index (χ1) is 12.7. The Morgan fingerprint density at radius 1 is 1.19 bits per heavy atom. The third kappa shape index (κ3) is 2.66. The quantitative estimate of drug-likeness (QED) is 0.748. The van der Waals surface area contributed by atoms with Crippen molar-refractivity contribution < 1.29 is 9.21 Å². The number of carbonyl (C=O) groups is 1. The molecule has 2 bridgehead atoms. The van der Waals surface area contributed by atoms with Gasteiger partial charge in [0, 0.05) is 16.8 Å². The summed E-state index contributed by atoms with van der Waals surface area (Å²) >= 11 is 1.69. The van der Waals surface area contributed by atoms with E-state index in [0.29, 0.717) is 17.7 Å². The predicted molar refractivity (Wildman–Crippen MR) is 105 cm³/mol. The van der Waals surface area contributed by atoms with E-state index in [1.165, 1.54) is 22.9 Å². The molecule has 3 saturated heterocycles. The van der Waals surface area contributed by atoms with E-state index in [1.807, 2.05) is 18.2 Å². The SMILES string of the molecule is C[C@H]1[C@H](NC(=O)c2ccc(-c3cc4ccccc4s3)o2)C2CCN1CC2. The lowest BCUT2D eigenvalue weighted by Gasteiger charge is -2.49. The molecule has 26 heavy (non-hydrogen) atoms. The molecule has 1 N–H and O–H groups in total. The smallest absolute Gasteiger partial charge is 0.287 e. The maximum Gasteiger partial charge on any atom is 0.287 e. The van der Waals surface area contributed by atoms with E-state index < -0.39 is 0 Å². The maximum absolute atomic E-state index is 12.7. The molecule has 134 valence electrons. The van der Waals surface area contributed by atoms with E-state index in [-0.39, 0.29) is 11.9 Å². The van der Waals surface area contributed by atoms with Crippen molar-refractivity contribution in [2.45, 2.75) is 31.8 Å². The fourth-order valence-corrected chi connectivity index (χ4v) is 5.49.